The predicted molar refractivity (Wildman–Crippen MR) is 132 cm³/mol. The lowest BCUT2D eigenvalue weighted by Crippen LogP contribution is -2.40. The second-order valence-corrected chi connectivity index (χ2v) is 8.39. The van der Waals surface area contributed by atoms with Gasteiger partial charge in [-0.05, 0) is 36.3 Å². The molecule has 0 aromatic heterocycles. The average molecular weight is 504 g/mol. The molecule has 0 spiro atoms. The van der Waals surface area contributed by atoms with E-state index < -0.39 is 23.4 Å². The van der Waals surface area contributed by atoms with Crippen molar-refractivity contribution in [2.45, 2.75) is 58.6 Å². The van der Waals surface area contributed by atoms with Crippen molar-refractivity contribution in [3.05, 3.63) is 113 Å². The maximum atomic E-state index is 14.1. The maximum Gasteiger partial charge on any atom is 0.422 e. The first-order chi connectivity index (χ1) is 17.2. The fourth-order valence-electron chi connectivity index (χ4n) is 4.16. The summed E-state index contributed by atoms with van der Waals surface area (Å²) in [6, 6.07) is 21.2. The van der Waals surface area contributed by atoms with Gasteiger partial charge >= 0.3 is 6.18 Å². The number of halogens is 5. The molecule has 0 fully saturated rings. The van der Waals surface area contributed by atoms with Crippen LogP contribution in [-0.2, 0) is 24.0 Å². The van der Waals surface area contributed by atoms with Gasteiger partial charge in [0.05, 0.1) is 0 Å². The molecular weight excluding hydrogens is 473 g/mol. The molecule has 0 aliphatic carbocycles. The Bertz CT molecular complexity index is 1080. The molecule has 2 unspecified atom stereocenters. The monoisotopic (exact) mass is 503 g/mol. The van der Waals surface area contributed by atoms with E-state index in [2.05, 4.69) is 4.90 Å². The van der Waals surface area contributed by atoms with Gasteiger partial charge in [-0.15, -0.1) is 0 Å². The zero-order chi connectivity index (χ0) is 26.3. The number of nitrogens with zero attached hydrogens (tertiary/aromatic N) is 1. The van der Waals surface area contributed by atoms with Gasteiger partial charge in [0.15, 0.2) is 0 Å². The van der Waals surface area contributed by atoms with Crippen molar-refractivity contribution in [2.75, 3.05) is 0 Å². The molecule has 0 radical (unpaired) electrons. The second kappa shape index (κ2) is 12.2. The van der Waals surface area contributed by atoms with Crippen LogP contribution in [0.1, 0.15) is 49.4 Å². The number of alkyl halides is 3. The highest BCUT2D eigenvalue weighted by molar-refractivity contribution is 5.62. The van der Waals surface area contributed by atoms with Crippen LogP contribution in [0.3, 0.4) is 0 Å². The smallest absolute Gasteiger partial charge is 0.422 e. The molecule has 1 heterocycles. The van der Waals surface area contributed by atoms with E-state index in [9.17, 15) is 22.0 Å². The van der Waals surface area contributed by atoms with E-state index in [1.807, 2.05) is 81.4 Å². The lowest BCUT2D eigenvalue weighted by atomic mass is 10.1. The van der Waals surface area contributed by atoms with Gasteiger partial charge in [0, 0.05) is 31.1 Å². The molecule has 0 bridgehead atoms. The van der Waals surface area contributed by atoms with Crippen molar-refractivity contribution < 1.29 is 26.7 Å². The minimum Gasteiger partial charge on any atom is -0.488 e. The van der Waals surface area contributed by atoms with E-state index in [-0.39, 0.29) is 23.5 Å². The number of benzene rings is 3. The van der Waals surface area contributed by atoms with Crippen LogP contribution >= 0.6 is 0 Å². The summed E-state index contributed by atoms with van der Waals surface area (Å²) in [7, 11) is 0. The van der Waals surface area contributed by atoms with E-state index in [0.717, 1.165) is 11.1 Å². The molecule has 3 aromatic carbocycles. The van der Waals surface area contributed by atoms with Gasteiger partial charge < -0.3 is 4.74 Å². The van der Waals surface area contributed by atoms with Crippen molar-refractivity contribution in [3.8, 4) is 0 Å². The molecule has 36 heavy (non-hydrogen) atoms. The topological polar surface area (TPSA) is 12.5 Å². The van der Waals surface area contributed by atoms with E-state index in [1.165, 1.54) is 0 Å². The van der Waals surface area contributed by atoms with Gasteiger partial charge in [0.2, 0.25) is 0 Å². The highest BCUT2D eigenvalue weighted by atomic mass is 19.4. The predicted octanol–water partition coefficient (Wildman–Crippen LogP) is 8.23. The Labute approximate surface area is 209 Å². The summed E-state index contributed by atoms with van der Waals surface area (Å²) in [5.41, 5.74) is 0.318. The summed E-state index contributed by atoms with van der Waals surface area (Å²) in [5.74, 6) is -3.13. The van der Waals surface area contributed by atoms with E-state index in [0.29, 0.717) is 31.6 Å². The third kappa shape index (κ3) is 6.72. The highest BCUT2D eigenvalue weighted by Gasteiger charge is 2.38. The molecule has 0 saturated carbocycles. The Kier molecular flexibility index (Phi) is 9.26. The number of rotatable bonds is 7. The molecule has 0 amide bonds. The van der Waals surface area contributed by atoms with Crippen LogP contribution < -0.4 is 0 Å². The third-order valence-corrected chi connectivity index (χ3v) is 5.99. The summed E-state index contributed by atoms with van der Waals surface area (Å²) in [6.07, 6.45) is -3.28. The Balaban J connectivity index is 0.00000176. The molecule has 3 aromatic rings. The van der Waals surface area contributed by atoms with Gasteiger partial charge in [0.25, 0.3) is 0 Å². The molecule has 2 atom stereocenters. The molecule has 192 valence electrons. The molecule has 4 rings (SSSR count). The van der Waals surface area contributed by atoms with Crippen molar-refractivity contribution in [1.29, 1.82) is 0 Å². The fraction of sp³-hybridized carbons (Fsp3) is 0.310. The summed E-state index contributed by atoms with van der Waals surface area (Å²) in [5, 5.41) is 0. The first kappa shape index (κ1) is 27.4. The summed E-state index contributed by atoms with van der Waals surface area (Å²) in [6.45, 7) is 7.34. The van der Waals surface area contributed by atoms with Gasteiger partial charge in [-0.2, -0.15) is 13.2 Å². The van der Waals surface area contributed by atoms with Gasteiger partial charge in [0.1, 0.15) is 29.1 Å². The fourth-order valence-corrected chi connectivity index (χ4v) is 4.16. The Morgan fingerprint density at radius 1 is 0.861 bits per heavy atom. The largest absolute Gasteiger partial charge is 0.488 e. The van der Waals surface area contributed by atoms with Crippen LogP contribution in [0, 0.1) is 11.6 Å². The molecule has 0 saturated heterocycles. The normalized spacial score (nSPS) is 16.1. The van der Waals surface area contributed by atoms with Crippen LogP contribution in [0.4, 0.5) is 22.0 Å². The lowest BCUT2D eigenvalue weighted by molar-refractivity contribution is -0.142. The zero-order valence-corrected chi connectivity index (χ0v) is 20.5. The summed E-state index contributed by atoms with van der Waals surface area (Å²) >= 11 is 0. The third-order valence-electron chi connectivity index (χ3n) is 5.99. The minimum atomic E-state index is -5.11. The first-order valence-corrected chi connectivity index (χ1v) is 12.0. The van der Waals surface area contributed by atoms with Crippen molar-refractivity contribution in [1.82, 2.24) is 4.90 Å². The minimum absolute atomic E-state index is 0.0460. The molecule has 1 aliphatic rings. The average Bonchev–Trinajstić information content (AvgIpc) is 3.35. The maximum absolute atomic E-state index is 14.1. The van der Waals surface area contributed by atoms with Crippen LogP contribution in [-0.4, -0.2) is 17.0 Å². The van der Waals surface area contributed by atoms with E-state index in [1.54, 1.807) is 6.08 Å². The van der Waals surface area contributed by atoms with Crippen molar-refractivity contribution in [3.63, 3.8) is 0 Å². The zero-order valence-electron chi connectivity index (χ0n) is 20.5. The Morgan fingerprint density at radius 3 is 1.78 bits per heavy atom. The molecule has 7 heteroatoms. The SMILES string of the molecule is CC.CC(C1CC=C(c2cc(F)c(C(F)(F)F)c(F)c2)O1)N(Cc1ccccc1)Cc1ccccc1. The van der Waals surface area contributed by atoms with E-state index >= 15 is 0 Å². The first-order valence-electron chi connectivity index (χ1n) is 12.0. The summed E-state index contributed by atoms with van der Waals surface area (Å²) < 4.78 is 72.9. The van der Waals surface area contributed by atoms with Crippen LogP contribution in [0.5, 0.6) is 0 Å². The molecule has 1 aliphatic heterocycles. The standard InChI is InChI=1S/C27H24F5NO.C2H6/c1-18(33(16-19-8-4-2-5-9-19)17-20-10-6-3-7-11-20)24-12-13-25(34-24)21-14-22(28)26(23(29)15-21)27(30,31)32;1-2/h2-11,13-15,18,24H,12,16-17H2,1H3;1-2H3. The second-order valence-electron chi connectivity index (χ2n) is 8.39. The number of hydrogen-bond donors (Lipinski definition) is 0. The van der Waals surface area contributed by atoms with E-state index in [4.69, 9.17) is 4.74 Å². The molecular formula is C29H30F5NO. The van der Waals surface area contributed by atoms with Crippen molar-refractivity contribution >= 4 is 5.76 Å². The van der Waals surface area contributed by atoms with Crippen LogP contribution in [0.2, 0.25) is 0 Å². The summed E-state index contributed by atoms with van der Waals surface area (Å²) in [4.78, 5) is 2.25. The van der Waals surface area contributed by atoms with Crippen molar-refractivity contribution in [2.24, 2.45) is 0 Å². The lowest BCUT2D eigenvalue weighted by Gasteiger charge is -2.33. The van der Waals surface area contributed by atoms with Crippen LogP contribution in [0.15, 0.2) is 78.9 Å². The van der Waals surface area contributed by atoms with Gasteiger partial charge in [-0.1, -0.05) is 74.5 Å². The molecule has 0 N–H and O–H groups in total. The molecule has 2 nitrogen and oxygen atoms in total. The number of ether oxygens (including phenoxy) is 1. The quantitative estimate of drug-likeness (QED) is 0.301. The Morgan fingerprint density at radius 2 is 1.33 bits per heavy atom. The van der Waals surface area contributed by atoms with Crippen LogP contribution in [0.25, 0.3) is 5.76 Å². The van der Waals surface area contributed by atoms with Gasteiger partial charge in [-0.3, -0.25) is 4.90 Å². The highest BCUT2D eigenvalue weighted by Crippen LogP contribution is 2.37. The van der Waals surface area contributed by atoms with Gasteiger partial charge in [-0.25, -0.2) is 8.78 Å². The number of hydrogen-bond acceptors (Lipinski definition) is 2. The Hall–Kier alpha value is -3.19.